The summed E-state index contributed by atoms with van der Waals surface area (Å²) in [5, 5.41) is 6.99. The summed E-state index contributed by atoms with van der Waals surface area (Å²) in [7, 11) is 0. The third-order valence-corrected chi connectivity index (χ3v) is 3.19. The average molecular weight is 264 g/mol. The Morgan fingerprint density at radius 2 is 2.42 bits per heavy atom. The first-order valence-electron chi connectivity index (χ1n) is 7.08. The highest BCUT2D eigenvalue weighted by atomic mass is 16.5. The topological polar surface area (TPSA) is 42.5 Å². The van der Waals surface area contributed by atoms with E-state index < -0.39 is 0 Å². The Bertz CT molecular complexity index is 378. The van der Waals surface area contributed by atoms with Crippen LogP contribution in [-0.2, 0) is 4.74 Å². The molecular weight excluding hydrogens is 240 g/mol. The Hall–Kier alpha value is -1.26. The van der Waals surface area contributed by atoms with Gasteiger partial charge in [-0.15, -0.1) is 0 Å². The summed E-state index contributed by atoms with van der Waals surface area (Å²) in [6.07, 6.45) is 1.05. The van der Waals surface area contributed by atoms with Crippen molar-refractivity contribution in [3.05, 3.63) is 24.3 Å². The lowest BCUT2D eigenvalue weighted by Crippen LogP contribution is -2.43. The molecule has 1 aromatic rings. The van der Waals surface area contributed by atoms with Gasteiger partial charge < -0.3 is 20.1 Å². The molecule has 1 heterocycles. The molecule has 0 spiro atoms. The van der Waals surface area contributed by atoms with Crippen molar-refractivity contribution < 1.29 is 9.47 Å². The van der Waals surface area contributed by atoms with Crippen LogP contribution in [0.25, 0.3) is 0 Å². The van der Waals surface area contributed by atoms with Crippen LogP contribution in [0.15, 0.2) is 24.3 Å². The fourth-order valence-electron chi connectivity index (χ4n) is 2.38. The predicted molar refractivity (Wildman–Crippen MR) is 77.9 cm³/mol. The van der Waals surface area contributed by atoms with Crippen molar-refractivity contribution in [3.8, 4) is 5.75 Å². The fraction of sp³-hybridized carbons (Fsp3) is 0.600. The van der Waals surface area contributed by atoms with Crippen LogP contribution in [0.1, 0.15) is 20.3 Å². The van der Waals surface area contributed by atoms with Gasteiger partial charge in [-0.25, -0.2) is 0 Å². The van der Waals surface area contributed by atoms with Crippen molar-refractivity contribution in [2.45, 2.75) is 32.4 Å². The molecule has 0 aliphatic carbocycles. The second-order valence-corrected chi connectivity index (χ2v) is 4.97. The first kappa shape index (κ1) is 14.2. The molecule has 0 amide bonds. The molecule has 4 nitrogen and oxygen atoms in total. The SMILES string of the molecule is CCOc1cccc(NC(C)CC2COCCN2)c1. The first-order chi connectivity index (χ1) is 9.28. The second kappa shape index (κ2) is 7.36. The summed E-state index contributed by atoms with van der Waals surface area (Å²) >= 11 is 0. The summed E-state index contributed by atoms with van der Waals surface area (Å²) in [6.45, 7) is 7.49. The number of benzene rings is 1. The van der Waals surface area contributed by atoms with Crippen LogP contribution in [0.5, 0.6) is 5.75 Å². The standard InChI is InChI=1S/C15H24N2O2/c1-3-19-15-6-4-5-13(10-15)17-12(2)9-14-11-18-8-7-16-14/h4-6,10,12,14,16-17H,3,7-9,11H2,1-2H3. The van der Waals surface area contributed by atoms with Crippen molar-refractivity contribution >= 4 is 5.69 Å². The maximum Gasteiger partial charge on any atom is 0.121 e. The van der Waals surface area contributed by atoms with Gasteiger partial charge >= 0.3 is 0 Å². The summed E-state index contributed by atoms with van der Waals surface area (Å²) in [6, 6.07) is 8.97. The second-order valence-electron chi connectivity index (χ2n) is 4.97. The van der Waals surface area contributed by atoms with Gasteiger partial charge in [-0.2, -0.15) is 0 Å². The number of anilines is 1. The third-order valence-electron chi connectivity index (χ3n) is 3.19. The summed E-state index contributed by atoms with van der Waals surface area (Å²) in [5.41, 5.74) is 1.11. The van der Waals surface area contributed by atoms with E-state index in [1.165, 1.54) is 0 Å². The molecule has 4 heteroatoms. The largest absolute Gasteiger partial charge is 0.494 e. The van der Waals surface area contributed by atoms with Crippen molar-refractivity contribution in [1.29, 1.82) is 0 Å². The van der Waals surface area contributed by atoms with Crippen LogP contribution in [0, 0.1) is 0 Å². The fourth-order valence-corrected chi connectivity index (χ4v) is 2.38. The highest BCUT2D eigenvalue weighted by Crippen LogP contribution is 2.19. The van der Waals surface area contributed by atoms with Crippen LogP contribution in [0.3, 0.4) is 0 Å². The maximum absolute atomic E-state index is 5.51. The monoisotopic (exact) mass is 264 g/mol. The molecule has 106 valence electrons. The van der Waals surface area contributed by atoms with Gasteiger partial charge in [-0.05, 0) is 32.4 Å². The third kappa shape index (κ3) is 4.73. The average Bonchev–Trinajstić information content (AvgIpc) is 2.40. The van der Waals surface area contributed by atoms with Crippen LogP contribution >= 0.6 is 0 Å². The van der Waals surface area contributed by atoms with Crippen LogP contribution in [0.2, 0.25) is 0 Å². The molecule has 1 aliphatic heterocycles. The van der Waals surface area contributed by atoms with Gasteiger partial charge in [-0.1, -0.05) is 6.07 Å². The highest BCUT2D eigenvalue weighted by Gasteiger charge is 2.16. The smallest absolute Gasteiger partial charge is 0.121 e. The van der Waals surface area contributed by atoms with Crippen molar-refractivity contribution in [1.82, 2.24) is 5.32 Å². The van der Waals surface area contributed by atoms with E-state index in [2.05, 4.69) is 23.6 Å². The number of hydrogen-bond donors (Lipinski definition) is 2. The molecule has 2 atom stereocenters. The van der Waals surface area contributed by atoms with E-state index in [4.69, 9.17) is 9.47 Å². The van der Waals surface area contributed by atoms with E-state index in [1.807, 2.05) is 25.1 Å². The number of hydrogen-bond acceptors (Lipinski definition) is 4. The van der Waals surface area contributed by atoms with E-state index in [1.54, 1.807) is 0 Å². The Kier molecular flexibility index (Phi) is 5.48. The lowest BCUT2D eigenvalue weighted by molar-refractivity contribution is 0.0731. The molecule has 19 heavy (non-hydrogen) atoms. The summed E-state index contributed by atoms with van der Waals surface area (Å²) in [5.74, 6) is 0.916. The van der Waals surface area contributed by atoms with Gasteiger partial charge in [0.2, 0.25) is 0 Å². The zero-order chi connectivity index (χ0) is 13.5. The Balaban J connectivity index is 1.83. The minimum Gasteiger partial charge on any atom is -0.494 e. The van der Waals surface area contributed by atoms with Gasteiger partial charge in [-0.3, -0.25) is 0 Å². The minimum atomic E-state index is 0.399. The number of nitrogens with one attached hydrogen (secondary N) is 2. The highest BCUT2D eigenvalue weighted by molar-refractivity contribution is 5.48. The van der Waals surface area contributed by atoms with E-state index in [0.29, 0.717) is 18.7 Å². The van der Waals surface area contributed by atoms with Crippen molar-refractivity contribution in [3.63, 3.8) is 0 Å². The molecule has 2 unspecified atom stereocenters. The molecule has 1 aromatic carbocycles. The Labute approximate surface area is 115 Å². The predicted octanol–water partition coefficient (Wildman–Crippen LogP) is 2.26. The van der Waals surface area contributed by atoms with E-state index >= 15 is 0 Å². The van der Waals surface area contributed by atoms with Gasteiger partial charge in [0.25, 0.3) is 0 Å². The molecule has 2 N–H and O–H groups in total. The summed E-state index contributed by atoms with van der Waals surface area (Å²) in [4.78, 5) is 0. The number of morpholine rings is 1. The van der Waals surface area contributed by atoms with Gasteiger partial charge in [0.1, 0.15) is 5.75 Å². The van der Waals surface area contributed by atoms with Crippen LogP contribution < -0.4 is 15.4 Å². The van der Waals surface area contributed by atoms with Crippen molar-refractivity contribution in [2.75, 3.05) is 31.7 Å². The molecule has 1 fully saturated rings. The van der Waals surface area contributed by atoms with E-state index in [-0.39, 0.29) is 0 Å². The normalized spacial score (nSPS) is 20.8. The molecule has 0 bridgehead atoms. The molecule has 0 aromatic heterocycles. The van der Waals surface area contributed by atoms with Crippen LogP contribution in [0.4, 0.5) is 5.69 Å². The Morgan fingerprint density at radius 1 is 1.53 bits per heavy atom. The Morgan fingerprint density at radius 3 is 3.16 bits per heavy atom. The molecule has 0 saturated carbocycles. The van der Waals surface area contributed by atoms with Crippen molar-refractivity contribution in [2.24, 2.45) is 0 Å². The van der Waals surface area contributed by atoms with Crippen LogP contribution in [-0.4, -0.2) is 38.4 Å². The molecule has 1 aliphatic rings. The van der Waals surface area contributed by atoms with E-state index in [9.17, 15) is 0 Å². The molecular formula is C15H24N2O2. The van der Waals surface area contributed by atoms with Gasteiger partial charge in [0, 0.05) is 30.4 Å². The maximum atomic E-state index is 5.51. The minimum absolute atomic E-state index is 0.399. The zero-order valence-electron chi connectivity index (χ0n) is 11.8. The van der Waals surface area contributed by atoms with Gasteiger partial charge in [0.15, 0.2) is 0 Å². The molecule has 0 radical (unpaired) electrons. The number of ether oxygens (including phenoxy) is 2. The molecule has 2 rings (SSSR count). The van der Waals surface area contributed by atoms with Gasteiger partial charge in [0.05, 0.1) is 19.8 Å². The first-order valence-corrected chi connectivity index (χ1v) is 7.08. The lowest BCUT2D eigenvalue weighted by Gasteiger charge is -2.27. The lowest BCUT2D eigenvalue weighted by atomic mass is 10.1. The van der Waals surface area contributed by atoms with E-state index in [0.717, 1.165) is 37.6 Å². The summed E-state index contributed by atoms with van der Waals surface area (Å²) < 4.78 is 11.0. The zero-order valence-corrected chi connectivity index (χ0v) is 11.8. The molecule has 1 saturated heterocycles. The number of rotatable bonds is 6. The quantitative estimate of drug-likeness (QED) is 0.827.